The van der Waals surface area contributed by atoms with Crippen molar-refractivity contribution in [3.63, 3.8) is 0 Å². The second-order valence-corrected chi connectivity index (χ2v) is 6.58. The fraction of sp³-hybridized carbons (Fsp3) is 0.600. The molecule has 0 fully saturated rings. The number of thiazole rings is 1. The first kappa shape index (κ1) is 13.3. The van der Waals surface area contributed by atoms with Crippen LogP contribution in [-0.2, 0) is 16.6 Å². The second kappa shape index (κ2) is 5.54. The smallest absolute Gasteiger partial charge is 0.365 e. The van der Waals surface area contributed by atoms with E-state index in [-0.39, 0.29) is 10.3 Å². The first-order valence-corrected chi connectivity index (χ1v) is 7.23. The maximum absolute atomic E-state index is 11.9. The van der Waals surface area contributed by atoms with Gasteiger partial charge in [-0.05, 0) is 5.92 Å². The molecule has 0 spiro atoms. The summed E-state index contributed by atoms with van der Waals surface area (Å²) < 4.78 is 11.9. The van der Waals surface area contributed by atoms with Crippen LogP contribution >= 0.6 is 11.3 Å². The maximum atomic E-state index is 11.9. The molecule has 2 atom stereocenters. The Morgan fingerprint density at radius 1 is 1.56 bits per heavy atom. The SMILES string of the molecule is CC(C)C(C)S(=O)Cc1csc(C(=O)O)n1. The van der Waals surface area contributed by atoms with E-state index in [1.165, 1.54) is 0 Å². The molecule has 0 radical (unpaired) electrons. The molecule has 1 N–H and O–H groups in total. The van der Waals surface area contributed by atoms with Gasteiger partial charge in [-0.3, -0.25) is 4.21 Å². The van der Waals surface area contributed by atoms with E-state index in [0.717, 1.165) is 11.3 Å². The molecule has 1 aromatic rings. The largest absolute Gasteiger partial charge is 0.476 e. The van der Waals surface area contributed by atoms with Gasteiger partial charge in [0, 0.05) is 21.4 Å². The monoisotopic (exact) mass is 261 g/mol. The minimum absolute atomic E-state index is 0.0594. The van der Waals surface area contributed by atoms with E-state index in [9.17, 15) is 9.00 Å². The summed E-state index contributed by atoms with van der Waals surface area (Å²) in [5.41, 5.74) is 0.605. The zero-order valence-corrected chi connectivity index (χ0v) is 11.1. The molecule has 16 heavy (non-hydrogen) atoms. The molecular formula is C10H15NO3S2. The number of aromatic carboxylic acids is 1. The summed E-state index contributed by atoms with van der Waals surface area (Å²) in [6.07, 6.45) is 0. The Labute approximate surface area is 101 Å². The van der Waals surface area contributed by atoms with E-state index in [2.05, 4.69) is 4.98 Å². The summed E-state index contributed by atoms with van der Waals surface area (Å²) in [4.78, 5) is 14.5. The third kappa shape index (κ3) is 3.38. The molecule has 90 valence electrons. The van der Waals surface area contributed by atoms with Gasteiger partial charge in [0.2, 0.25) is 5.01 Å². The van der Waals surface area contributed by atoms with Gasteiger partial charge in [0.15, 0.2) is 0 Å². The Hall–Kier alpha value is -0.750. The van der Waals surface area contributed by atoms with E-state index in [1.807, 2.05) is 20.8 Å². The highest BCUT2D eigenvalue weighted by molar-refractivity contribution is 7.84. The minimum atomic E-state index is -1.03. The first-order valence-electron chi connectivity index (χ1n) is 4.96. The predicted octanol–water partition coefficient (Wildman–Crippen LogP) is 2.13. The fourth-order valence-corrected chi connectivity index (χ4v) is 3.12. The fourth-order valence-electron chi connectivity index (χ4n) is 1.05. The van der Waals surface area contributed by atoms with Gasteiger partial charge < -0.3 is 5.11 Å². The van der Waals surface area contributed by atoms with E-state index < -0.39 is 16.8 Å². The third-order valence-corrected chi connectivity index (χ3v) is 5.21. The van der Waals surface area contributed by atoms with Crippen molar-refractivity contribution in [2.24, 2.45) is 5.92 Å². The van der Waals surface area contributed by atoms with Crippen molar-refractivity contribution in [2.45, 2.75) is 31.8 Å². The van der Waals surface area contributed by atoms with E-state index >= 15 is 0 Å². The lowest BCUT2D eigenvalue weighted by atomic mass is 10.2. The van der Waals surface area contributed by atoms with Crippen molar-refractivity contribution in [3.8, 4) is 0 Å². The molecule has 4 nitrogen and oxygen atoms in total. The summed E-state index contributed by atoms with van der Waals surface area (Å²) in [7, 11) is -0.995. The molecule has 0 aliphatic heterocycles. The van der Waals surface area contributed by atoms with Gasteiger partial charge >= 0.3 is 5.97 Å². The van der Waals surface area contributed by atoms with Crippen LogP contribution in [0.3, 0.4) is 0 Å². The number of aromatic nitrogens is 1. The Morgan fingerprint density at radius 2 is 2.19 bits per heavy atom. The molecule has 1 rings (SSSR count). The van der Waals surface area contributed by atoms with Gasteiger partial charge in [0.05, 0.1) is 11.4 Å². The molecular weight excluding hydrogens is 246 g/mol. The standard InChI is InChI=1S/C10H15NO3S2/c1-6(2)7(3)16(14)5-8-4-15-9(11-8)10(12)13/h4,6-7H,5H2,1-3H3,(H,12,13). The molecule has 0 aliphatic rings. The summed E-state index contributed by atoms with van der Waals surface area (Å²) in [5, 5.41) is 10.5. The van der Waals surface area contributed by atoms with Gasteiger partial charge in [0.1, 0.15) is 0 Å². The number of carboxylic acids is 1. The van der Waals surface area contributed by atoms with Crippen LogP contribution in [-0.4, -0.2) is 25.5 Å². The minimum Gasteiger partial charge on any atom is -0.476 e. The Bertz CT molecular complexity index is 401. The molecule has 2 unspecified atom stereocenters. The number of rotatable bonds is 5. The van der Waals surface area contributed by atoms with Crippen LogP contribution in [0.4, 0.5) is 0 Å². The number of carbonyl (C=O) groups is 1. The Morgan fingerprint density at radius 3 is 2.62 bits per heavy atom. The highest BCUT2D eigenvalue weighted by Crippen LogP contribution is 2.16. The molecule has 0 aromatic carbocycles. The highest BCUT2D eigenvalue weighted by Gasteiger charge is 2.17. The van der Waals surface area contributed by atoms with Crippen LogP contribution in [0.2, 0.25) is 0 Å². The van der Waals surface area contributed by atoms with Crippen LogP contribution in [0.25, 0.3) is 0 Å². The summed E-state index contributed by atoms with van der Waals surface area (Å²) >= 11 is 1.07. The average molecular weight is 261 g/mol. The normalized spacial score (nSPS) is 15.0. The second-order valence-electron chi connectivity index (χ2n) is 3.92. The Balaban J connectivity index is 2.66. The lowest BCUT2D eigenvalue weighted by Crippen LogP contribution is -2.19. The molecule has 0 bridgehead atoms. The highest BCUT2D eigenvalue weighted by atomic mass is 32.2. The average Bonchev–Trinajstić information content (AvgIpc) is 2.64. The van der Waals surface area contributed by atoms with Crippen LogP contribution in [0.1, 0.15) is 36.3 Å². The van der Waals surface area contributed by atoms with Gasteiger partial charge in [-0.25, -0.2) is 9.78 Å². The zero-order chi connectivity index (χ0) is 12.3. The van der Waals surface area contributed by atoms with Crippen LogP contribution < -0.4 is 0 Å². The summed E-state index contributed by atoms with van der Waals surface area (Å²) in [6, 6.07) is 0. The topological polar surface area (TPSA) is 67.3 Å². The summed E-state index contributed by atoms with van der Waals surface area (Å²) in [5.74, 6) is -0.347. The molecule has 6 heteroatoms. The number of hydrogen-bond donors (Lipinski definition) is 1. The zero-order valence-electron chi connectivity index (χ0n) is 9.47. The Kier molecular flexibility index (Phi) is 4.61. The maximum Gasteiger partial charge on any atom is 0.365 e. The molecule has 0 aliphatic carbocycles. The van der Waals surface area contributed by atoms with Gasteiger partial charge in [0.25, 0.3) is 0 Å². The van der Waals surface area contributed by atoms with E-state index in [1.54, 1.807) is 5.38 Å². The quantitative estimate of drug-likeness (QED) is 0.881. The first-order chi connectivity index (χ1) is 7.41. The molecule has 0 saturated heterocycles. The van der Waals surface area contributed by atoms with Crippen LogP contribution in [0.15, 0.2) is 5.38 Å². The van der Waals surface area contributed by atoms with Crippen LogP contribution in [0, 0.1) is 5.92 Å². The van der Waals surface area contributed by atoms with Crippen molar-refractivity contribution in [2.75, 3.05) is 0 Å². The van der Waals surface area contributed by atoms with Gasteiger partial charge in [-0.2, -0.15) is 0 Å². The molecule has 0 amide bonds. The lowest BCUT2D eigenvalue weighted by Gasteiger charge is -2.13. The van der Waals surface area contributed by atoms with Crippen molar-refractivity contribution in [1.29, 1.82) is 0 Å². The molecule has 0 saturated carbocycles. The number of nitrogens with zero attached hydrogens (tertiary/aromatic N) is 1. The van der Waals surface area contributed by atoms with Gasteiger partial charge in [-0.15, -0.1) is 11.3 Å². The third-order valence-electron chi connectivity index (χ3n) is 2.38. The number of carboxylic acid groups (broad SMARTS) is 1. The predicted molar refractivity (Wildman–Crippen MR) is 65.2 cm³/mol. The summed E-state index contributed by atoms with van der Waals surface area (Å²) in [6.45, 7) is 5.98. The van der Waals surface area contributed by atoms with E-state index in [0.29, 0.717) is 17.4 Å². The lowest BCUT2D eigenvalue weighted by molar-refractivity contribution is 0.0696. The van der Waals surface area contributed by atoms with Crippen LogP contribution in [0.5, 0.6) is 0 Å². The molecule has 1 heterocycles. The van der Waals surface area contributed by atoms with Crippen molar-refractivity contribution in [3.05, 3.63) is 16.1 Å². The van der Waals surface area contributed by atoms with Crippen molar-refractivity contribution < 1.29 is 14.1 Å². The van der Waals surface area contributed by atoms with Crippen molar-refractivity contribution >= 4 is 28.1 Å². The number of hydrogen-bond acceptors (Lipinski definition) is 4. The van der Waals surface area contributed by atoms with Crippen molar-refractivity contribution in [1.82, 2.24) is 4.98 Å². The molecule has 1 aromatic heterocycles. The van der Waals surface area contributed by atoms with E-state index in [4.69, 9.17) is 5.11 Å². The van der Waals surface area contributed by atoms with Gasteiger partial charge in [-0.1, -0.05) is 20.8 Å².